The summed E-state index contributed by atoms with van der Waals surface area (Å²) in [5.41, 5.74) is 1.63. The van der Waals surface area contributed by atoms with E-state index in [9.17, 15) is 13.8 Å². The van der Waals surface area contributed by atoms with Crippen molar-refractivity contribution < 1.29 is 37.3 Å². The summed E-state index contributed by atoms with van der Waals surface area (Å²) in [6.45, 7) is 10.0. The minimum atomic E-state index is -1.88. The molecule has 2 aromatic carbocycles. The monoisotopic (exact) mass is 615 g/mol. The van der Waals surface area contributed by atoms with Crippen molar-refractivity contribution in [3.05, 3.63) is 59.4 Å². The van der Waals surface area contributed by atoms with Gasteiger partial charge in [-0.2, -0.15) is 5.10 Å². The van der Waals surface area contributed by atoms with Crippen molar-refractivity contribution in [3.63, 3.8) is 0 Å². The lowest BCUT2D eigenvalue weighted by molar-refractivity contribution is 0.0522. The number of hydrogen-bond donors (Lipinski definition) is 2. The number of alkyl carbamates (subject to hydrolysis) is 1. The fourth-order valence-electron chi connectivity index (χ4n) is 3.88. The molecule has 1 atom stereocenters. The van der Waals surface area contributed by atoms with E-state index in [1.165, 1.54) is 39.5 Å². The first kappa shape index (κ1) is 32.9. The highest BCUT2D eigenvalue weighted by Crippen LogP contribution is 2.35. The van der Waals surface area contributed by atoms with Gasteiger partial charge in [0.15, 0.2) is 22.4 Å². The van der Waals surface area contributed by atoms with E-state index in [4.69, 9.17) is 23.5 Å². The Kier molecular flexibility index (Phi) is 11.1. The van der Waals surface area contributed by atoms with E-state index in [0.717, 1.165) is 11.1 Å². The topological polar surface area (TPSA) is 156 Å². The molecule has 0 aliphatic heterocycles. The van der Waals surface area contributed by atoms with Crippen molar-refractivity contribution in [2.24, 2.45) is 0 Å². The number of benzene rings is 2. The lowest BCUT2D eigenvalue weighted by atomic mass is 10.1. The largest absolute Gasteiger partial charge is 0.496 e. The van der Waals surface area contributed by atoms with E-state index in [2.05, 4.69) is 20.3 Å². The van der Waals surface area contributed by atoms with Crippen LogP contribution in [0, 0.1) is 0 Å². The molecule has 13 nitrogen and oxygen atoms in total. The average Bonchev–Trinajstić information content (AvgIpc) is 3.61. The molecule has 0 bridgehead atoms. The number of esters is 1. The van der Waals surface area contributed by atoms with Crippen LogP contribution in [0.2, 0.25) is 0 Å². The number of rotatable bonds is 10. The van der Waals surface area contributed by atoms with Gasteiger partial charge in [0, 0.05) is 18.3 Å². The van der Waals surface area contributed by atoms with Gasteiger partial charge in [-0.05, 0) is 56.7 Å². The molecule has 2 aromatic heterocycles. The number of anilines is 1. The predicted molar refractivity (Wildman–Crippen MR) is 161 cm³/mol. The zero-order valence-corrected chi connectivity index (χ0v) is 26.3. The third kappa shape index (κ3) is 8.47. The molecule has 0 spiro atoms. The highest BCUT2D eigenvalue weighted by molar-refractivity contribution is 7.86. The molecule has 14 heteroatoms. The van der Waals surface area contributed by atoms with E-state index in [0.29, 0.717) is 29.0 Å². The fraction of sp³-hybridized carbons (Fsp3) is 0.379. The van der Waals surface area contributed by atoms with E-state index in [1.807, 2.05) is 13.8 Å². The van der Waals surface area contributed by atoms with Gasteiger partial charge in [-0.3, -0.25) is 9.40 Å². The van der Waals surface area contributed by atoms with Gasteiger partial charge < -0.3 is 28.8 Å². The molecule has 4 rings (SSSR count). The maximum absolute atomic E-state index is 13.3. The molecule has 0 saturated heterocycles. The summed E-state index contributed by atoms with van der Waals surface area (Å²) in [6.07, 6.45) is 2.95. The lowest BCUT2D eigenvalue weighted by Crippen LogP contribution is -2.32. The van der Waals surface area contributed by atoms with Crippen LogP contribution in [0.5, 0.6) is 11.5 Å². The van der Waals surface area contributed by atoms with Crippen LogP contribution in [-0.2, 0) is 33.5 Å². The number of aromatic nitrogens is 3. The van der Waals surface area contributed by atoms with Crippen LogP contribution in [0.3, 0.4) is 0 Å². The van der Waals surface area contributed by atoms with E-state index < -0.39 is 28.6 Å². The third-order valence-corrected chi connectivity index (χ3v) is 6.76. The Labute approximate surface area is 252 Å². The van der Waals surface area contributed by atoms with Gasteiger partial charge in [0.2, 0.25) is 0 Å². The number of hydrogen-bond acceptors (Lipinski definition) is 10. The lowest BCUT2D eigenvalue weighted by Gasteiger charge is -2.19. The Morgan fingerprint density at radius 1 is 1.02 bits per heavy atom. The standard InChI is InChI=1S/C27H31N5O8S.C2H6/c1-27(2,3)39-26(34)28-12-17-13-29-32(15-17)14-16-9-20(37-5)23-21(10-16)40-30-24(23)31-41(35)22-11-18(25(33)38-6)7-8-19(22)36-4;1-2/h7-11,13,15H,12,14H2,1-6H3,(H,28,34)(H,30,31);1-2H3. The normalized spacial score (nSPS) is 11.6. The quantitative estimate of drug-likeness (QED) is 0.231. The highest BCUT2D eigenvalue weighted by Gasteiger charge is 2.21. The van der Waals surface area contributed by atoms with Crippen LogP contribution in [-0.4, -0.2) is 58.1 Å². The molecular formula is C29H37N5O8S. The molecule has 2 N–H and O–H groups in total. The summed E-state index contributed by atoms with van der Waals surface area (Å²) < 4.78 is 44.3. The molecular weight excluding hydrogens is 578 g/mol. The van der Waals surface area contributed by atoms with Crippen LogP contribution in [0.4, 0.5) is 10.6 Å². The van der Waals surface area contributed by atoms with E-state index in [1.54, 1.807) is 50.0 Å². The summed E-state index contributed by atoms with van der Waals surface area (Å²) in [7, 11) is 2.32. The molecule has 1 unspecified atom stereocenters. The first-order valence-electron chi connectivity index (χ1n) is 13.4. The van der Waals surface area contributed by atoms with Gasteiger partial charge in [-0.15, -0.1) is 0 Å². The molecule has 2 heterocycles. The number of carbonyl (C=O) groups is 2. The summed E-state index contributed by atoms with van der Waals surface area (Å²) in [5, 5.41) is 11.6. The van der Waals surface area contributed by atoms with Crippen molar-refractivity contribution in [2.45, 2.75) is 58.2 Å². The molecule has 0 aliphatic rings. The summed E-state index contributed by atoms with van der Waals surface area (Å²) in [5.74, 6) is 0.357. The van der Waals surface area contributed by atoms with Gasteiger partial charge >= 0.3 is 12.1 Å². The molecule has 43 heavy (non-hydrogen) atoms. The molecule has 0 saturated carbocycles. The van der Waals surface area contributed by atoms with Crippen molar-refractivity contribution in [2.75, 3.05) is 26.1 Å². The van der Waals surface area contributed by atoms with Crippen molar-refractivity contribution in [1.29, 1.82) is 0 Å². The number of amides is 1. The summed E-state index contributed by atoms with van der Waals surface area (Å²) >= 11 is 0. The predicted octanol–water partition coefficient (Wildman–Crippen LogP) is 5.06. The van der Waals surface area contributed by atoms with Crippen LogP contribution in [0.25, 0.3) is 11.0 Å². The second-order valence-corrected chi connectivity index (χ2v) is 11.0. The minimum Gasteiger partial charge on any atom is -0.496 e. The Morgan fingerprint density at radius 2 is 1.74 bits per heavy atom. The maximum Gasteiger partial charge on any atom is 0.407 e. The SMILES string of the molecule is CC.COC(=O)c1ccc(OC)c(S(=O)Nc2noc3cc(Cn4cc(CNC(=O)OC(C)(C)C)cn4)cc(OC)c23)c1. The maximum atomic E-state index is 13.3. The smallest absolute Gasteiger partial charge is 0.407 e. The number of carbonyl (C=O) groups excluding carboxylic acids is 2. The Hall–Kier alpha value is -4.59. The van der Waals surface area contributed by atoms with Crippen molar-refractivity contribution in [3.8, 4) is 11.5 Å². The average molecular weight is 616 g/mol. The Balaban J connectivity index is 0.00000248. The number of ether oxygens (including phenoxy) is 4. The van der Waals surface area contributed by atoms with Gasteiger partial charge in [-0.25, -0.2) is 13.8 Å². The number of methoxy groups -OCH3 is 3. The van der Waals surface area contributed by atoms with Crippen LogP contribution in [0.1, 0.15) is 56.1 Å². The molecule has 0 radical (unpaired) electrons. The highest BCUT2D eigenvalue weighted by atomic mass is 32.2. The van der Waals surface area contributed by atoms with Gasteiger partial charge in [-0.1, -0.05) is 19.0 Å². The zero-order chi connectivity index (χ0) is 31.7. The van der Waals surface area contributed by atoms with Crippen molar-refractivity contribution in [1.82, 2.24) is 20.3 Å². The number of fused-ring (bicyclic) bond motifs is 1. The molecule has 0 aliphatic carbocycles. The molecule has 0 fully saturated rings. The molecule has 1 amide bonds. The molecule has 232 valence electrons. The van der Waals surface area contributed by atoms with E-state index >= 15 is 0 Å². The summed E-state index contributed by atoms with van der Waals surface area (Å²) in [6, 6.07) is 8.04. The fourth-order valence-corrected chi connectivity index (χ4v) is 4.87. The van der Waals surface area contributed by atoms with Crippen molar-refractivity contribution >= 4 is 39.8 Å². The van der Waals surface area contributed by atoms with E-state index in [-0.39, 0.29) is 22.8 Å². The first-order chi connectivity index (χ1) is 20.5. The van der Waals surface area contributed by atoms with Crippen LogP contribution >= 0.6 is 0 Å². The minimum absolute atomic E-state index is 0.182. The van der Waals surface area contributed by atoms with Gasteiger partial charge in [0.05, 0.1) is 39.6 Å². The number of nitrogens with zero attached hydrogens (tertiary/aromatic N) is 3. The third-order valence-electron chi connectivity index (χ3n) is 5.66. The molecule has 4 aromatic rings. The van der Waals surface area contributed by atoms with Crippen LogP contribution in [0.15, 0.2) is 52.1 Å². The van der Waals surface area contributed by atoms with Crippen LogP contribution < -0.4 is 19.5 Å². The van der Waals surface area contributed by atoms with Gasteiger partial charge in [0.1, 0.15) is 27.4 Å². The number of nitrogens with one attached hydrogen (secondary N) is 2. The summed E-state index contributed by atoms with van der Waals surface area (Å²) in [4.78, 5) is 24.1. The zero-order valence-electron chi connectivity index (χ0n) is 25.5. The Morgan fingerprint density at radius 3 is 2.40 bits per heavy atom. The Bertz CT molecular complexity index is 1590. The first-order valence-corrected chi connectivity index (χ1v) is 14.6. The second kappa shape index (κ2) is 14.5. The van der Waals surface area contributed by atoms with Gasteiger partial charge in [0.25, 0.3) is 0 Å². The second-order valence-electron chi connectivity index (χ2n) is 9.83.